The Morgan fingerprint density at radius 1 is 1.65 bits per heavy atom. The molecule has 1 aromatic heterocycles. The van der Waals surface area contributed by atoms with Gasteiger partial charge in [0.1, 0.15) is 5.69 Å². The molecule has 94 valence electrons. The standard InChI is InChI=1S/C12H18N2O2S/c1-4-17-8-9(2)14-10-5-6-13-11(7-10)12(15)16-3/h5-7,9H,4,8H2,1-3H3,(H,13,14). The van der Waals surface area contributed by atoms with Gasteiger partial charge < -0.3 is 10.1 Å². The highest BCUT2D eigenvalue weighted by Crippen LogP contribution is 2.12. The minimum absolute atomic E-state index is 0.327. The molecule has 1 unspecified atom stereocenters. The summed E-state index contributed by atoms with van der Waals surface area (Å²) in [4.78, 5) is 15.3. The van der Waals surface area contributed by atoms with Gasteiger partial charge in [-0.25, -0.2) is 9.78 Å². The number of hydrogen-bond acceptors (Lipinski definition) is 5. The second-order valence-corrected chi connectivity index (χ2v) is 4.95. The van der Waals surface area contributed by atoms with Crippen LogP contribution in [-0.4, -0.2) is 35.6 Å². The Bertz CT molecular complexity index is 371. The topological polar surface area (TPSA) is 51.2 Å². The second-order valence-electron chi connectivity index (χ2n) is 3.63. The van der Waals surface area contributed by atoms with Crippen molar-refractivity contribution in [2.24, 2.45) is 0 Å². The van der Waals surface area contributed by atoms with Crippen LogP contribution in [0, 0.1) is 0 Å². The van der Waals surface area contributed by atoms with E-state index >= 15 is 0 Å². The molecule has 0 saturated carbocycles. The quantitative estimate of drug-likeness (QED) is 0.790. The molecule has 0 spiro atoms. The Hall–Kier alpha value is -1.23. The number of hydrogen-bond donors (Lipinski definition) is 1. The van der Waals surface area contributed by atoms with Crippen molar-refractivity contribution in [2.75, 3.05) is 23.9 Å². The van der Waals surface area contributed by atoms with Crippen LogP contribution in [-0.2, 0) is 4.74 Å². The molecule has 1 N–H and O–H groups in total. The molecule has 1 aromatic rings. The lowest BCUT2D eigenvalue weighted by Gasteiger charge is -2.14. The van der Waals surface area contributed by atoms with E-state index in [9.17, 15) is 4.79 Å². The zero-order valence-electron chi connectivity index (χ0n) is 10.4. The van der Waals surface area contributed by atoms with Gasteiger partial charge in [0.25, 0.3) is 0 Å². The van der Waals surface area contributed by atoms with Crippen molar-refractivity contribution in [3.8, 4) is 0 Å². The average molecular weight is 254 g/mol. The highest BCUT2D eigenvalue weighted by molar-refractivity contribution is 7.99. The van der Waals surface area contributed by atoms with Gasteiger partial charge in [0, 0.05) is 23.7 Å². The average Bonchev–Trinajstić information content (AvgIpc) is 2.35. The molecular formula is C12H18N2O2S. The maximum Gasteiger partial charge on any atom is 0.356 e. The molecule has 0 fully saturated rings. The smallest absolute Gasteiger partial charge is 0.356 e. The van der Waals surface area contributed by atoms with Gasteiger partial charge in [0.15, 0.2) is 0 Å². The van der Waals surface area contributed by atoms with Crippen molar-refractivity contribution in [3.05, 3.63) is 24.0 Å². The second kappa shape index (κ2) is 7.17. The van der Waals surface area contributed by atoms with Crippen LogP contribution in [0.15, 0.2) is 18.3 Å². The van der Waals surface area contributed by atoms with Crippen molar-refractivity contribution in [1.29, 1.82) is 0 Å². The van der Waals surface area contributed by atoms with Crippen LogP contribution >= 0.6 is 11.8 Å². The fraction of sp³-hybridized carbons (Fsp3) is 0.500. The third kappa shape index (κ3) is 4.65. The number of carbonyl (C=O) groups is 1. The van der Waals surface area contributed by atoms with E-state index in [0.717, 1.165) is 17.2 Å². The number of thioether (sulfide) groups is 1. The summed E-state index contributed by atoms with van der Waals surface area (Å²) in [6.45, 7) is 4.25. The Kier molecular flexibility index (Phi) is 5.83. The molecule has 1 atom stereocenters. The van der Waals surface area contributed by atoms with E-state index in [-0.39, 0.29) is 0 Å². The highest BCUT2D eigenvalue weighted by atomic mass is 32.2. The lowest BCUT2D eigenvalue weighted by atomic mass is 10.3. The Morgan fingerprint density at radius 2 is 2.41 bits per heavy atom. The predicted molar refractivity (Wildman–Crippen MR) is 71.7 cm³/mol. The molecule has 0 radical (unpaired) electrons. The van der Waals surface area contributed by atoms with Gasteiger partial charge in [-0.3, -0.25) is 0 Å². The molecule has 4 nitrogen and oxygen atoms in total. The highest BCUT2D eigenvalue weighted by Gasteiger charge is 2.08. The molecule has 0 bridgehead atoms. The number of nitrogens with one attached hydrogen (secondary N) is 1. The largest absolute Gasteiger partial charge is 0.464 e. The zero-order chi connectivity index (χ0) is 12.7. The number of nitrogens with zero attached hydrogens (tertiary/aromatic N) is 1. The van der Waals surface area contributed by atoms with Gasteiger partial charge >= 0.3 is 5.97 Å². The molecule has 1 heterocycles. The van der Waals surface area contributed by atoms with Gasteiger partial charge in [-0.1, -0.05) is 6.92 Å². The summed E-state index contributed by atoms with van der Waals surface area (Å²) >= 11 is 1.88. The molecule has 1 rings (SSSR count). The van der Waals surface area contributed by atoms with E-state index in [4.69, 9.17) is 0 Å². The third-order valence-corrected chi connectivity index (χ3v) is 3.28. The number of methoxy groups -OCH3 is 1. The number of esters is 1. The first-order valence-corrected chi connectivity index (χ1v) is 6.71. The van der Waals surface area contributed by atoms with Crippen molar-refractivity contribution in [3.63, 3.8) is 0 Å². The first-order valence-electron chi connectivity index (χ1n) is 5.56. The summed E-state index contributed by atoms with van der Waals surface area (Å²) in [6, 6.07) is 3.91. The first-order chi connectivity index (χ1) is 8.17. The summed E-state index contributed by atoms with van der Waals surface area (Å²) in [5.74, 6) is 1.73. The van der Waals surface area contributed by atoms with Crippen LogP contribution in [0.4, 0.5) is 5.69 Å². The van der Waals surface area contributed by atoms with Crippen molar-refractivity contribution >= 4 is 23.4 Å². The normalized spacial score (nSPS) is 11.9. The Balaban J connectivity index is 2.62. The SMILES string of the molecule is CCSCC(C)Nc1ccnc(C(=O)OC)c1. The van der Waals surface area contributed by atoms with E-state index in [1.165, 1.54) is 7.11 Å². The number of pyridine rings is 1. The molecule has 0 aliphatic heterocycles. The van der Waals surface area contributed by atoms with E-state index in [1.54, 1.807) is 12.3 Å². The van der Waals surface area contributed by atoms with Crippen molar-refractivity contribution < 1.29 is 9.53 Å². The summed E-state index contributed by atoms with van der Waals surface area (Å²) in [6.07, 6.45) is 1.61. The summed E-state index contributed by atoms with van der Waals surface area (Å²) < 4.78 is 4.63. The van der Waals surface area contributed by atoms with E-state index < -0.39 is 5.97 Å². The fourth-order valence-electron chi connectivity index (χ4n) is 1.36. The van der Waals surface area contributed by atoms with Gasteiger partial charge in [-0.15, -0.1) is 0 Å². The molecule has 17 heavy (non-hydrogen) atoms. The van der Waals surface area contributed by atoms with Crippen LogP contribution in [0.25, 0.3) is 0 Å². The molecule has 5 heteroatoms. The molecule has 0 saturated heterocycles. The van der Waals surface area contributed by atoms with Crippen molar-refractivity contribution in [1.82, 2.24) is 4.98 Å². The molecule has 0 aliphatic carbocycles. The van der Waals surface area contributed by atoms with Crippen LogP contribution < -0.4 is 5.32 Å². The van der Waals surface area contributed by atoms with E-state index in [0.29, 0.717) is 11.7 Å². The minimum atomic E-state index is -0.413. The van der Waals surface area contributed by atoms with Crippen LogP contribution in [0.2, 0.25) is 0 Å². The number of carbonyl (C=O) groups excluding carboxylic acids is 1. The third-order valence-electron chi connectivity index (χ3n) is 2.14. The number of ether oxygens (including phenoxy) is 1. The Morgan fingerprint density at radius 3 is 3.06 bits per heavy atom. The molecule has 0 aromatic carbocycles. The van der Waals surface area contributed by atoms with Gasteiger partial charge in [-0.05, 0) is 24.8 Å². The zero-order valence-corrected chi connectivity index (χ0v) is 11.2. The first kappa shape index (κ1) is 13.8. The fourth-order valence-corrected chi connectivity index (χ4v) is 2.03. The minimum Gasteiger partial charge on any atom is -0.464 e. The maximum absolute atomic E-state index is 11.3. The summed E-state index contributed by atoms with van der Waals surface area (Å²) in [7, 11) is 1.35. The molecule has 0 amide bonds. The lowest BCUT2D eigenvalue weighted by molar-refractivity contribution is 0.0594. The van der Waals surface area contributed by atoms with Crippen molar-refractivity contribution in [2.45, 2.75) is 19.9 Å². The van der Waals surface area contributed by atoms with Crippen LogP contribution in [0.5, 0.6) is 0 Å². The number of aromatic nitrogens is 1. The Labute approximate surface area is 106 Å². The van der Waals surface area contributed by atoms with Gasteiger partial charge in [-0.2, -0.15) is 11.8 Å². The monoisotopic (exact) mass is 254 g/mol. The van der Waals surface area contributed by atoms with Gasteiger partial charge in [0.2, 0.25) is 0 Å². The van der Waals surface area contributed by atoms with Crippen LogP contribution in [0.1, 0.15) is 24.3 Å². The van der Waals surface area contributed by atoms with Crippen LogP contribution in [0.3, 0.4) is 0 Å². The van der Waals surface area contributed by atoms with E-state index in [2.05, 4.69) is 28.9 Å². The van der Waals surface area contributed by atoms with E-state index in [1.807, 2.05) is 17.8 Å². The number of anilines is 1. The van der Waals surface area contributed by atoms with Gasteiger partial charge in [0.05, 0.1) is 7.11 Å². The summed E-state index contributed by atoms with van der Waals surface area (Å²) in [5, 5.41) is 3.33. The number of rotatable bonds is 6. The molecular weight excluding hydrogens is 236 g/mol. The maximum atomic E-state index is 11.3. The predicted octanol–water partition coefficient (Wildman–Crippen LogP) is 2.42. The lowest BCUT2D eigenvalue weighted by Crippen LogP contribution is -2.18. The summed E-state index contributed by atoms with van der Waals surface area (Å²) in [5.41, 5.74) is 1.22. The molecule has 0 aliphatic rings.